The number of rotatable bonds is 6. The first kappa shape index (κ1) is 18.9. The largest absolute Gasteiger partial charge is 0.485 e. The number of benzene rings is 2. The number of amides is 2. The van der Waals surface area contributed by atoms with Gasteiger partial charge in [-0.1, -0.05) is 35.0 Å². The van der Waals surface area contributed by atoms with Crippen molar-refractivity contribution in [2.75, 3.05) is 5.32 Å². The van der Waals surface area contributed by atoms with Crippen molar-refractivity contribution in [3.63, 3.8) is 0 Å². The Balaban J connectivity index is 1.32. The van der Waals surface area contributed by atoms with Crippen LogP contribution in [0.5, 0.6) is 5.75 Å². The third kappa shape index (κ3) is 4.72. The molecule has 0 atom stereocenters. The summed E-state index contributed by atoms with van der Waals surface area (Å²) in [5, 5.41) is 9.91. The molecule has 0 fully saturated rings. The maximum atomic E-state index is 12.1. The quantitative estimate of drug-likeness (QED) is 0.644. The van der Waals surface area contributed by atoms with E-state index in [4.69, 9.17) is 20.9 Å². The van der Waals surface area contributed by atoms with Crippen LogP contribution in [0.3, 0.4) is 0 Å². The number of hydrogen-bond donors (Lipinski definition) is 2. The van der Waals surface area contributed by atoms with E-state index in [1.54, 1.807) is 18.2 Å². The minimum Gasteiger partial charge on any atom is -0.485 e. The van der Waals surface area contributed by atoms with Gasteiger partial charge in [-0.3, -0.25) is 9.59 Å². The molecule has 0 unspecified atom stereocenters. The predicted octanol–water partition coefficient (Wildman–Crippen LogP) is 3.12. The van der Waals surface area contributed by atoms with Crippen molar-refractivity contribution in [1.29, 1.82) is 0 Å². The number of carbonyl (C=O) groups excluding carboxylic acids is 2. The van der Waals surface area contributed by atoms with Crippen LogP contribution in [0.25, 0.3) is 0 Å². The lowest BCUT2D eigenvalue weighted by molar-refractivity contribution is -0.116. The van der Waals surface area contributed by atoms with Gasteiger partial charge in [0.15, 0.2) is 6.61 Å². The fourth-order valence-corrected chi connectivity index (χ4v) is 2.98. The molecule has 1 aliphatic heterocycles. The minimum absolute atomic E-state index is 0.0120. The summed E-state index contributed by atoms with van der Waals surface area (Å²) in [7, 11) is 0. The molecular weight excluding hydrogens is 396 g/mol. The highest BCUT2D eigenvalue weighted by Crippen LogP contribution is 2.27. The number of carbonyl (C=O) groups is 2. The van der Waals surface area contributed by atoms with Crippen molar-refractivity contribution >= 4 is 29.1 Å². The molecule has 2 amide bonds. The first-order valence-corrected chi connectivity index (χ1v) is 9.35. The zero-order valence-electron chi connectivity index (χ0n) is 15.3. The Kier molecular flexibility index (Phi) is 5.44. The van der Waals surface area contributed by atoms with E-state index in [0.29, 0.717) is 30.2 Å². The van der Waals surface area contributed by atoms with Crippen LogP contribution in [-0.2, 0) is 24.4 Å². The third-order valence-corrected chi connectivity index (χ3v) is 4.63. The molecule has 4 rings (SSSR count). The number of aromatic nitrogens is 2. The highest BCUT2D eigenvalue weighted by atomic mass is 35.5. The summed E-state index contributed by atoms with van der Waals surface area (Å²) in [4.78, 5) is 27.7. The van der Waals surface area contributed by atoms with Crippen molar-refractivity contribution in [3.05, 3.63) is 70.3 Å². The number of aryl methyl sites for hydroxylation is 1. The molecule has 1 aliphatic rings. The van der Waals surface area contributed by atoms with Crippen molar-refractivity contribution in [2.24, 2.45) is 0 Å². The lowest BCUT2D eigenvalue weighted by atomic mass is 10.0. The van der Waals surface area contributed by atoms with Crippen molar-refractivity contribution in [1.82, 2.24) is 15.5 Å². The fraction of sp³-hybridized carbons (Fsp3) is 0.200. The summed E-state index contributed by atoms with van der Waals surface area (Å²) in [5.74, 6) is 0.167. The lowest BCUT2D eigenvalue weighted by Gasteiger charge is -2.17. The van der Waals surface area contributed by atoms with Crippen LogP contribution in [-0.4, -0.2) is 22.0 Å². The summed E-state index contributed by atoms with van der Waals surface area (Å²) < 4.78 is 10.6. The van der Waals surface area contributed by atoms with Gasteiger partial charge in [-0.05, 0) is 35.7 Å². The second kappa shape index (κ2) is 8.32. The maximum absolute atomic E-state index is 12.1. The molecule has 0 radical (unpaired) electrons. The average molecular weight is 413 g/mol. The van der Waals surface area contributed by atoms with E-state index in [1.165, 1.54) is 0 Å². The third-order valence-electron chi connectivity index (χ3n) is 4.37. The number of anilines is 1. The Hall–Kier alpha value is -3.39. The standard InChI is InChI=1S/C20H17ClN4O4/c21-14-5-1-12(2-6-14)10-22-19(27)20-24-17(25-29-20)11-28-15-7-3-13-4-8-18(26)23-16(13)9-15/h1-3,5-7,9H,4,8,10-11H2,(H,22,27)(H,23,26). The molecule has 0 aliphatic carbocycles. The molecule has 3 aromatic rings. The van der Waals surface area contributed by atoms with Crippen LogP contribution in [0.2, 0.25) is 5.02 Å². The summed E-state index contributed by atoms with van der Waals surface area (Å²) in [6.07, 6.45) is 1.19. The van der Waals surface area contributed by atoms with Crippen molar-refractivity contribution in [3.8, 4) is 5.75 Å². The van der Waals surface area contributed by atoms with Gasteiger partial charge in [0.25, 0.3) is 0 Å². The molecule has 1 aromatic heterocycles. The molecule has 0 saturated carbocycles. The number of fused-ring (bicyclic) bond motifs is 1. The maximum Gasteiger partial charge on any atom is 0.316 e. The Morgan fingerprint density at radius 2 is 2.03 bits per heavy atom. The zero-order valence-corrected chi connectivity index (χ0v) is 16.0. The van der Waals surface area contributed by atoms with Crippen LogP contribution < -0.4 is 15.4 Å². The Morgan fingerprint density at radius 3 is 2.86 bits per heavy atom. The van der Waals surface area contributed by atoms with Gasteiger partial charge >= 0.3 is 11.8 Å². The molecule has 2 heterocycles. The average Bonchev–Trinajstić information content (AvgIpc) is 3.20. The first-order valence-electron chi connectivity index (χ1n) is 8.97. The second-order valence-electron chi connectivity index (χ2n) is 6.48. The molecule has 148 valence electrons. The van der Waals surface area contributed by atoms with Gasteiger partial charge in [0.2, 0.25) is 11.7 Å². The normalized spacial score (nSPS) is 12.8. The van der Waals surface area contributed by atoms with Crippen molar-refractivity contribution in [2.45, 2.75) is 26.0 Å². The Bertz CT molecular complexity index is 1050. The topological polar surface area (TPSA) is 106 Å². The lowest BCUT2D eigenvalue weighted by Crippen LogP contribution is -2.23. The fourth-order valence-electron chi connectivity index (χ4n) is 2.85. The van der Waals surface area contributed by atoms with Crippen LogP contribution in [0.1, 0.15) is 34.1 Å². The number of hydrogen-bond acceptors (Lipinski definition) is 6. The van der Waals surface area contributed by atoms with Gasteiger partial charge in [-0.2, -0.15) is 4.98 Å². The summed E-state index contributed by atoms with van der Waals surface area (Å²) >= 11 is 5.84. The molecule has 8 nitrogen and oxygen atoms in total. The number of ether oxygens (including phenoxy) is 1. The van der Waals surface area contributed by atoms with E-state index in [9.17, 15) is 9.59 Å². The number of nitrogens with zero attached hydrogens (tertiary/aromatic N) is 2. The van der Waals surface area contributed by atoms with Crippen LogP contribution in [0.4, 0.5) is 5.69 Å². The molecule has 29 heavy (non-hydrogen) atoms. The molecule has 9 heteroatoms. The van der Waals surface area contributed by atoms with Gasteiger partial charge in [-0.15, -0.1) is 0 Å². The van der Waals surface area contributed by atoms with Crippen LogP contribution in [0, 0.1) is 0 Å². The van der Waals surface area contributed by atoms with E-state index >= 15 is 0 Å². The molecule has 0 bridgehead atoms. The highest BCUT2D eigenvalue weighted by molar-refractivity contribution is 6.30. The van der Waals surface area contributed by atoms with Gasteiger partial charge < -0.3 is 19.9 Å². The van der Waals surface area contributed by atoms with E-state index in [1.807, 2.05) is 24.3 Å². The summed E-state index contributed by atoms with van der Waals surface area (Å²) in [6, 6.07) is 12.6. The highest BCUT2D eigenvalue weighted by Gasteiger charge is 2.17. The van der Waals surface area contributed by atoms with E-state index < -0.39 is 5.91 Å². The summed E-state index contributed by atoms with van der Waals surface area (Å²) in [6.45, 7) is 0.339. The van der Waals surface area contributed by atoms with E-state index in [-0.39, 0.29) is 24.2 Å². The summed E-state index contributed by atoms with van der Waals surface area (Å²) in [5.41, 5.74) is 2.70. The first-order chi connectivity index (χ1) is 14.1. The number of nitrogens with one attached hydrogen (secondary N) is 2. The second-order valence-corrected chi connectivity index (χ2v) is 6.92. The molecule has 2 N–H and O–H groups in total. The van der Waals surface area contributed by atoms with Gasteiger partial charge in [0.1, 0.15) is 5.75 Å². The SMILES string of the molecule is O=C1CCc2ccc(OCc3noc(C(=O)NCc4ccc(Cl)cc4)n3)cc2N1. The Morgan fingerprint density at radius 1 is 1.21 bits per heavy atom. The van der Waals surface area contributed by atoms with E-state index in [0.717, 1.165) is 16.8 Å². The molecule has 0 saturated heterocycles. The van der Waals surface area contributed by atoms with Gasteiger partial charge in [-0.25, -0.2) is 0 Å². The monoisotopic (exact) mass is 412 g/mol. The van der Waals surface area contributed by atoms with Crippen LogP contribution >= 0.6 is 11.6 Å². The van der Waals surface area contributed by atoms with Gasteiger partial charge in [0, 0.05) is 29.7 Å². The van der Waals surface area contributed by atoms with Crippen LogP contribution in [0.15, 0.2) is 47.0 Å². The van der Waals surface area contributed by atoms with Gasteiger partial charge in [0.05, 0.1) is 0 Å². The smallest absolute Gasteiger partial charge is 0.316 e. The molecule has 0 spiro atoms. The van der Waals surface area contributed by atoms with Crippen molar-refractivity contribution < 1.29 is 18.8 Å². The minimum atomic E-state index is -0.477. The number of halogens is 1. The van der Waals surface area contributed by atoms with E-state index in [2.05, 4.69) is 20.8 Å². The zero-order chi connectivity index (χ0) is 20.2. The molecule has 2 aromatic carbocycles. The molecular formula is C20H17ClN4O4. The predicted molar refractivity (Wildman–Crippen MR) is 105 cm³/mol. The Labute approximate surface area is 171 Å².